The number of hydrogen-bond donors (Lipinski definition) is 3. The van der Waals surface area contributed by atoms with E-state index in [-0.39, 0.29) is 24.4 Å². The first-order chi connectivity index (χ1) is 8.40. The van der Waals surface area contributed by atoms with E-state index in [0.717, 1.165) is 0 Å². The molecule has 100 valence electrons. The third-order valence-electron chi connectivity index (χ3n) is 2.22. The number of carbonyl (C=O) groups is 2. The van der Waals surface area contributed by atoms with Crippen molar-refractivity contribution in [1.29, 1.82) is 0 Å². The number of anilines is 1. The smallest absolute Gasteiger partial charge is 0.328 e. The van der Waals surface area contributed by atoms with Crippen LogP contribution in [0.25, 0.3) is 0 Å². The van der Waals surface area contributed by atoms with Gasteiger partial charge in [-0.25, -0.2) is 0 Å². The van der Waals surface area contributed by atoms with Gasteiger partial charge in [0, 0.05) is 0 Å². The van der Waals surface area contributed by atoms with Gasteiger partial charge in [-0.15, -0.1) is 0 Å². The number of aromatic nitrogens is 2. The second-order valence-electron chi connectivity index (χ2n) is 4.18. The van der Waals surface area contributed by atoms with Crippen LogP contribution in [0, 0.1) is 12.8 Å². The molecule has 1 aromatic heterocycles. The summed E-state index contributed by atoms with van der Waals surface area (Å²) >= 11 is 0. The topological polar surface area (TPSA) is 123 Å². The minimum atomic E-state index is -0.636. The molecule has 1 rings (SSSR count). The zero-order chi connectivity index (χ0) is 13.7. The van der Waals surface area contributed by atoms with Crippen molar-refractivity contribution in [3.05, 3.63) is 5.82 Å². The lowest BCUT2D eigenvalue weighted by Gasteiger charge is -2.14. The highest BCUT2D eigenvalue weighted by atomic mass is 16.5. The zero-order valence-corrected chi connectivity index (χ0v) is 10.6. The molecule has 0 saturated heterocycles. The molecule has 0 radical (unpaired) electrons. The summed E-state index contributed by atoms with van der Waals surface area (Å²) in [5.41, 5.74) is 5.62. The molecular formula is C10H17N5O3. The quantitative estimate of drug-likeness (QED) is 0.646. The van der Waals surface area contributed by atoms with E-state index in [1.54, 1.807) is 6.92 Å². The Labute approximate surface area is 104 Å². The van der Waals surface area contributed by atoms with Gasteiger partial charge < -0.3 is 15.6 Å². The highest BCUT2D eigenvalue weighted by molar-refractivity contribution is 5.93. The Morgan fingerprint density at radius 1 is 1.44 bits per heavy atom. The molecule has 8 heteroatoms. The van der Waals surface area contributed by atoms with E-state index in [9.17, 15) is 9.59 Å². The lowest BCUT2D eigenvalue weighted by atomic mass is 10.1. The van der Waals surface area contributed by atoms with Crippen molar-refractivity contribution in [2.75, 3.05) is 11.9 Å². The highest BCUT2D eigenvalue weighted by Gasteiger charge is 2.18. The van der Waals surface area contributed by atoms with Gasteiger partial charge in [-0.05, 0) is 12.8 Å². The Balaban J connectivity index is 2.35. The van der Waals surface area contributed by atoms with Gasteiger partial charge >= 0.3 is 6.01 Å². The lowest BCUT2D eigenvalue weighted by Crippen LogP contribution is -2.46. The van der Waals surface area contributed by atoms with E-state index in [4.69, 9.17) is 10.3 Å². The predicted octanol–water partition coefficient (Wildman–Crippen LogP) is -0.584. The van der Waals surface area contributed by atoms with Crippen LogP contribution in [0.4, 0.5) is 6.01 Å². The van der Waals surface area contributed by atoms with Crippen LogP contribution in [0.15, 0.2) is 4.52 Å². The second kappa shape index (κ2) is 6.10. The maximum atomic E-state index is 11.5. The molecule has 0 spiro atoms. The van der Waals surface area contributed by atoms with Gasteiger partial charge in [-0.2, -0.15) is 4.98 Å². The number of nitrogens with two attached hydrogens (primary N) is 1. The molecule has 0 fully saturated rings. The first kappa shape index (κ1) is 14.1. The van der Waals surface area contributed by atoms with E-state index < -0.39 is 11.9 Å². The molecule has 8 nitrogen and oxygen atoms in total. The van der Waals surface area contributed by atoms with Crippen LogP contribution in [-0.4, -0.2) is 34.5 Å². The van der Waals surface area contributed by atoms with Crippen molar-refractivity contribution in [3.8, 4) is 0 Å². The van der Waals surface area contributed by atoms with Crippen LogP contribution in [0.5, 0.6) is 0 Å². The van der Waals surface area contributed by atoms with Crippen molar-refractivity contribution < 1.29 is 14.1 Å². The molecule has 1 heterocycles. The minimum Gasteiger partial charge on any atom is -0.346 e. The molecular weight excluding hydrogens is 238 g/mol. The third kappa shape index (κ3) is 4.13. The standard InChI is InChI=1S/C10H17N5O3/c1-5(2)8(11)9(17)12-4-7(16)14-10-13-6(3)15-18-10/h5,8H,4,11H2,1-3H3,(H,12,17)(H,13,14,15,16)/t8-/m0/s1. The van der Waals surface area contributed by atoms with E-state index in [2.05, 4.69) is 20.8 Å². The zero-order valence-electron chi connectivity index (χ0n) is 10.6. The van der Waals surface area contributed by atoms with Crippen LogP contribution < -0.4 is 16.4 Å². The van der Waals surface area contributed by atoms with E-state index in [1.165, 1.54) is 0 Å². The number of nitrogens with zero attached hydrogens (tertiary/aromatic N) is 2. The molecule has 1 atom stereocenters. The molecule has 4 N–H and O–H groups in total. The summed E-state index contributed by atoms with van der Waals surface area (Å²) < 4.78 is 4.70. The molecule has 0 saturated carbocycles. The fourth-order valence-electron chi connectivity index (χ4n) is 1.10. The molecule has 0 bridgehead atoms. The summed E-state index contributed by atoms with van der Waals surface area (Å²) in [5, 5.41) is 8.28. The maximum absolute atomic E-state index is 11.5. The largest absolute Gasteiger partial charge is 0.346 e. The van der Waals surface area contributed by atoms with Crippen molar-refractivity contribution in [1.82, 2.24) is 15.5 Å². The molecule has 0 aliphatic carbocycles. The summed E-state index contributed by atoms with van der Waals surface area (Å²) in [6.07, 6.45) is 0. The minimum absolute atomic E-state index is 0.0000861. The Hall–Kier alpha value is -1.96. The number of amides is 2. The number of hydrogen-bond acceptors (Lipinski definition) is 6. The van der Waals surface area contributed by atoms with E-state index in [1.807, 2.05) is 13.8 Å². The van der Waals surface area contributed by atoms with Gasteiger partial charge in [0.25, 0.3) is 0 Å². The summed E-state index contributed by atoms with van der Waals surface area (Å²) in [7, 11) is 0. The Kier molecular flexibility index (Phi) is 4.78. The number of rotatable bonds is 5. The van der Waals surface area contributed by atoms with Crippen molar-refractivity contribution in [2.45, 2.75) is 26.8 Å². The van der Waals surface area contributed by atoms with Crippen LogP contribution in [-0.2, 0) is 9.59 Å². The first-order valence-electron chi connectivity index (χ1n) is 5.53. The molecule has 0 aliphatic rings. The molecule has 2 amide bonds. The summed E-state index contributed by atoms with van der Waals surface area (Å²) in [6, 6.07) is -0.636. The molecule has 0 aromatic carbocycles. The molecule has 0 unspecified atom stereocenters. The fourth-order valence-corrected chi connectivity index (χ4v) is 1.10. The number of nitrogens with one attached hydrogen (secondary N) is 2. The SMILES string of the molecule is Cc1noc(NC(=O)CNC(=O)[C@@H](N)C(C)C)n1. The third-order valence-corrected chi connectivity index (χ3v) is 2.22. The van der Waals surface area contributed by atoms with Crippen LogP contribution in [0.3, 0.4) is 0 Å². The van der Waals surface area contributed by atoms with Crippen LogP contribution in [0.1, 0.15) is 19.7 Å². The van der Waals surface area contributed by atoms with Gasteiger partial charge in [-0.3, -0.25) is 14.9 Å². The average Bonchev–Trinajstić information content (AvgIpc) is 2.70. The first-order valence-corrected chi connectivity index (χ1v) is 5.53. The summed E-state index contributed by atoms with van der Waals surface area (Å²) in [4.78, 5) is 26.7. The predicted molar refractivity (Wildman–Crippen MR) is 63.5 cm³/mol. The summed E-state index contributed by atoms with van der Waals surface area (Å²) in [5.74, 6) is -0.410. The van der Waals surface area contributed by atoms with Gasteiger partial charge in [0.15, 0.2) is 5.82 Å². The Morgan fingerprint density at radius 2 is 2.11 bits per heavy atom. The second-order valence-corrected chi connectivity index (χ2v) is 4.18. The van der Waals surface area contributed by atoms with Gasteiger partial charge in [0.2, 0.25) is 11.8 Å². The molecule has 18 heavy (non-hydrogen) atoms. The van der Waals surface area contributed by atoms with Crippen molar-refractivity contribution >= 4 is 17.8 Å². The van der Waals surface area contributed by atoms with E-state index in [0.29, 0.717) is 5.82 Å². The average molecular weight is 255 g/mol. The van der Waals surface area contributed by atoms with Gasteiger partial charge in [-0.1, -0.05) is 19.0 Å². The normalized spacial score (nSPS) is 12.3. The van der Waals surface area contributed by atoms with Gasteiger partial charge in [0.05, 0.1) is 12.6 Å². The number of aryl methyl sites for hydroxylation is 1. The van der Waals surface area contributed by atoms with Crippen molar-refractivity contribution in [2.24, 2.45) is 11.7 Å². The van der Waals surface area contributed by atoms with Crippen molar-refractivity contribution in [3.63, 3.8) is 0 Å². The highest BCUT2D eigenvalue weighted by Crippen LogP contribution is 2.01. The van der Waals surface area contributed by atoms with E-state index >= 15 is 0 Å². The molecule has 1 aromatic rings. The number of carbonyl (C=O) groups excluding carboxylic acids is 2. The summed E-state index contributed by atoms with van der Waals surface area (Å²) in [6.45, 7) is 5.08. The fraction of sp³-hybridized carbons (Fsp3) is 0.600. The van der Waals surface area contributed by atoms with Crippen LogP contribution >= 0.6 is 0 Å². The van der Waals surface area contributed by atoms with Crippen LogP contribution in [0.2, 0.25) is 0 Å². The Morgan fingerprint density at radius 3 is 2.61 bits per heavy atom. The Bertz CT molecular complexity index is 429. The maximum Gasteiger partial charge on any atom is 0.328 e. The molecule has 0 aliphatic heterocycles. The monoisotopic (exact) mass is 255 g/mol. The lowest BCUT2D eigenvalue weighted by molar-refractivity contribution is -0.125. The van der Waals surface area contributed by atoms with Gasteiger partial charge in [0.1, 0.15) is 0 Å².